The molecular formula is C20H23NO3. The van der Waals surface area contributed by atoms with Gasteiger partial charge in [0.05, 0.1) is 7.11 Å². The van der Waals surface area contributed by atoms with Gasteiger partial charge in [0, 0.05) is 13.1 Å². The van der Waals surface area contributed by atoms with Gasteiger partial charge in [0.15, 0.2) is 0 Å². The molecule has 2 aromatic carbocycles. The predicted octanol–water partition coefficient (Wildman–Crippen LogP) is 4.21. The van der Waals surface area contributed by atoms with Crippen LogP contribution in [0, 0.1) is 0 Å². The number of hydrogen-bond acceptors (Lipinski definition) is 3. The summed E-state index contributed by atoms with van der Waals surface area (Å²) in [5.41, 5.74) is 2.33. The Kier molecular flexibility index (Phi) is 5.36. The first-order chi connectivity index (χ1) is 11.8. The lowest BCUT2D eigenvalue weighted by Gasteiger charge is -2.31. The molecule has 1 aliphatic rings. The number of amides is 1. The maximum Gasteiger partial charge on any atom is 0.410 e. The molecule has 1 heterocycles. The number of likely N-dealkylation sites (tertiary alicyclic amines) is 1. The molecule has 4 heteroatoms. The fourth-order valence-corrected chi connectivity index (χ4v) is 3.08. The summed E-state index contributed by atoms with van der Waals surface area (Å²) < 4.78 is 10.6. The molecule has 126 valence electrons. The van der Waals surface area contributed by atoms with E-state index in [2.05, 4.69) is 12.1 Å². The van der Waals surface area contributed by atoms with Crippen LogP contribution in [0.15, 0.2) is 54.6 Å². The molecule has 0 bridgehead atoms. The van der Waals surface area contributed by atoms with E-state index in [0.29, 0.717) is 12.5 Å². The maximum absolute atomic E-state index is 12.2. The number of benzene rings is 2. The molecule has 0 radical (unpaired) electrons. The van der Waals surface area contributed by atoms with Crippen molar-refractivity contribution in [3.05, 3.63) is 65.7 Å². The number of piperidine rings is 1. The average molecular weight is 325 g/mol. The molecule has 0 N–H and O–H groups in total. The Morgan fingerprint density at radius 3 is 2.33 bits per heavy atom. The number of ether oxygens (including phenoxy) is 2. The van der Waals surface area contributed by atoms with Crippen LogP contribution < -0.4 is 4.74 Å². The highest BCUT2D eigenvalue weighted by Gasteiger charge is 2.24. The quantitative estimate of drug-likeness (QED) is 0.845. The summed E-state index contributed by atoms with van der Waals surface area (Å²) in [6.07, 6.45) is 1.71. The Bertz CT molecular complexity index is 646. The number of hydrogen-bond donors (Lipinski definition) is 0. The second-order valence-electron chi connectivity index (χ2n) is 6.07. The zero-order valence-electron chi connectivity index (χ0n) is 14.0. The smallest absolute Gasteiger partial charge is 0.410 e. The number of rotatable bonds is 4. The summed E-state index contributed by atoms with van der Waals surface area (Å²) in [7, 11) is 1.68. The summed E-state index contributed by atoms with van der Waals surface area (Å²) in [4.78, 5) is 14.0. The lowest BCUT2D eigenvalue weighted by atomic mass is 9.89. The van der Waals surface area contributed by atoms with Gasteiger partial charge in [0.1, 0.15) is 12.4 Å². The van der Waals surface area contributed by atoms with Gasteiger partial charge in [-0.15, -0.1) is 0 Å². The van der Waals surface area contributed by atoms with E-state index >= 15 is 0 Å². The molecular weight excluding hydrogens is 302 g/mol. The van der Waals surface area contributed by atoms with E-state index < -0.39 is 0 Å². The van der Waals surface area contributed by atoms with Crippen LogP contribution in [0.5, 0.6) is 5.75 Å². The summed E-state index contributed by atoms with van der Waals surface area (Å²) in [5, 5.41) is 0. The third-order valence-electron chi connectivity index (χ3n) is 4.55. The second kappa shape index (κ2) is 7.86. The molecule has 1 aliphatic heterocycles. The van der Waals surface area contributed by atoms with Crippen molar-refractivity contribution in [2.45, 2.75) is 25.4 Å². The fourth-order valence-electron chi connectivity index (χ4n) is 3.08. The second-order valence-corrected chi connectivity index (χ2v) is 6.07. The Morgan fingerprint density at radius 1 is 1.04 bits per heavy atom. The van der Waals surface area contributed by atoms with Crippen molar-refractivity contribution >= 4 is 6.09 Å². The number of nitrogens with zero attached hydrogens (tertiary/aromatic N) is 1. The average Bonchev–Trinajstić information content (AvgIpc) is 2.67. The van der Waals surface area contributed by atoms with Crippen LogP contribution in [0.2, 0.25) is 0 Å². The van der Waals surface area contributed by atoms with Gasteiger partial charge in [-0.25, -0.2) is 4.79 Å². The Morgan fingerprint density at radius 2 is 1.71 bits per heavy atom. The molecule has 0 unspecified atom stereocenters. The van der Waals surface area contributed by atoms with Gasteiger partial charge in [0.2, 0.25) is 0 Å². The van der Waals surface area contributed by atoms with Gasteiger partial charge >= 0.3 is 6.09 Å². The molecule has 1 saturated heterocycles. The minimum atomic E-state index is -0.216. The topological polar surface area (TPSA) is 38.8 Å². The van der Waals surface area contributed by atoms with E-state index in [1.54, 1.807) is 7.11 Å². The molecule has 1 fully saturated rings. The van der Waals surface area contributed by atoms with E-state index in [4.69, 9.17) is 9.47 Å². The molecule has 0 atom stereocenters. The van der Waals surface area contributed by atoms with E-state index in [9.17, 15) is 4.79 Å². The van der Waals surface area contributed by atoms with Crippen molar-refractivity contribution < 1.29 is 14.3 Å². The Labute approximate surface area is 143 Å². The first-order valence-corrected chi connectivity index (χ1v) is 8.36. The highest BCUT2D eigenvalue weighted by molar-refractivity contribution is 5.67. The van der Waals surface area contributed by atoms with Gasteiger partial charge in [-0.05, 0) is 42.0 Å². The predicted molar refractivity (Wildman–Crippen MR) is 93.2 cm³/mol. The Hall–Kier alpha value is -2.49. The van der Waals surface area contributed by atoms with E-state index in [-0.39, 0.29) is 6.09 Å². The third kappa shape index (κ3) is 4.07. The minimum absolute atomic E-state index is 0.216. The molecule has 2 aromatic rings. The molecule has 4 nitrogen and oxygen atoms in total. The molecule has 24 heavy (non-hydrogen) atoms. The van der Waals surface area contributed by atoms with Crippen LogP contribution in [-0.4, -0.2) is 31.2 Å². The van der Waals surface area contributed by atoms with Crippen molar-refractivity contribution in [2.24, 2.45) is 0 Å². The zero-order valence-corrected chi connectivity index (χ0v) is 14.0. The van der Waals surface area contributed by atoms with E-state index in [0.717, 1.165) is 37.2 Å². The van der Waals surface area contributed by atoms with E-state index in [1.807, 2.05) is 47.4 Å². The molecule has 0 saturated carbocycles. The standard InChI is InChI=1S/C20H23NO3/c1-23-19-9-7-17(8-10-19)18-11-13-21(14-12-18)20(22)24-15-16-5-3-2-4-6-16/h2-10,18H,11-15H2,1H3. The van der Waals surface area contributed by atoms with Crippen LogP contribution in [0.1, 0.15) is 29.9 Å². The van der Waals surface area contributed by atoms with Crippen LogP contribution in [0.25, 0.3) is 0 Å². The first-order valence-electron chi connectivity index (χ1n) is 8.36. The van der Waals surface area contributed by atoms with Gasteiger partial charge in [-0.2, -0.15) is 0 Å². The molecule has 0 aliphatic carbocycles. The largest absolute Gasteiger partial charge is 0.497 e. The summed E-state index contributed by atoms with van der Waals surface area (Å²) in [5.74, 6) is 1.37. The third-order valence-corrected chi connectivity index (χ3v) is 4.55. The van der Waals surface area contributed by atoms with Crippen molar-refractivity contribution in [1.82, 2.24) is 4.90 Å². The highest BCUT2D eigenvalue weighted by Crippen LogP contribution is 2.29. The van der Waals surface area contributed by atoms with Crippen LogP contribution in [0.3, 0.4) is 0 Å². The first kappa shape index (κ1) is 16.4. The molecule has 0 spiro atoms. The normalized spacial score (nSPS) is 15.1. The van der Waals surface area contributed by atoms with Crippen LogP contribution in [0.4, 0.5) is 4.79 Å². The molecule has 1 amide bonds. The Balaban J connectivity index is 1.48. The number of methoxy groups -OCH3 is 1. The van der Waals surface area contributed by atoms with Crippen molar-refractivity contribution in [3.63, 3.8) is 0 Å². The highest BCUT2D eigenvalue weighted by atomic mass is 16.6. The molecule has 0 aromatic heterocycles. The number of carbonyl (C=O) groups excluding carboxylic acids is 1. The van der Waals surface area contributed by atoms with Gasteiger partial charge in [-0.1, -0.05) is 42.5 Å². The van der Waals surface area contributed by atoms with Crippen molar-refractivity contribution in [2.75, 3.05) is 20.2 Å². The van der Waals surface area contributed by atoms with E-state index in [1.165, 1.54) is 5.56 Å². The van der Waals surface area contributed by atoms with Crippen molar-refractivity contribution in [1.29, 1.82) is 0 Å². The van der Waals surface area contributed by atoms with Crippen molar-refractivity contribution in [3.8, 4) is 5.75 Å². The van der Waals surface area contributed by atoms with Gasteiger partial charge in [0.25, 0.3) is 0 Å². The van der Waals surface area contributed by atoms with Gasteiger partial charge in [-0.3, -0.25) is 0 Å². The van der Waals surface area contributed by atoms with Crippen LogP contribution in [-0.2, 0) is 11.3 Å². The van der Waals surface area contributed by atoms with Crippen LogP contribution >= 0.6 is 0 Å². The maximum atomic E-state index is 12.2. The fraction of sp³-hybridized carbons (Fsp3) is 0.350. The summed E-state index contributed by atoms with van der Waals surface area (Å²) >= 11 is 0. The molecule has 3 rings (SSSR count). The summed E-state index contributed by atoms with van der Waals surface area (Å²) in [6, 6.07) is 18.0. The summed E-state index contributed by atoms with van der Waals surface area (Å²) in [6.45, 7) is 1.81. The lowest BCUT2D eigenvalue weighted by molar-refractivity contribution is 0.0870. The SMILES string of the molecule is COc1ccc(C2CCN(C(=O)OCc3ccccc3)CC2)cc1. The van der Waals surface area contributed by atoms with Gasteiger partial charge < -0.3 is 14.4 Å². The zero-order chi connectivity index (χ0) is 16.8. The minimum Gasteiger partial charge on any atom is -0.497 e. The number of carbonyl (C=O) groups is 1. The lowest BCUT2D eigenvalue weighted by Crippen LogP contribution is -2.38. The monoisotopic (exact) mass is 325 g/mol.